The highest BCUT2D eigenvalue weighted by Gasteiger charge is 2.34. The molecule has 1 atom stereocenters. The second-order valence-electron chi connectivity index (χ2n) is 6.78. The zero-order valence-corrected chi connectivity index (χ0v) is 20.8. The number of aromatic nitrogens is 2. The van der Waals surface area contributed by atoms with Crippen molar-refractivity contribution in [1.82, 2.24) is 4.98 Å². The largest absolute Gasteiger partial charge is 0.338 e. The highest BCUT2D eigenvalue weighted by atomic mass is 35.7. The summed E-state index contributed by atoms with van der Waals surface area (Å²) in [6.45, 7) is 5.28. The van der Waals surface area contributed by atoms with Crippen LogP contribution in [0.5, 0.6) is 0 Å². The fourth-order valence-corrected chi connectivity index (χ4v) is 3.29. The van der Waals surface area contributed by atoms with Crippen LogP contribution in [-0.4, -0.2) is 19.4 Å². The highest BCUT2D eigenvalue weighted by molar-refractivity contribution is 7.52. The Balaban J connectivity index is 0.000000550. The molecule has 3 rings (SSSR count). The van der Waals surface area contributed by atoms with Crippen molar-refractivity contribution in [2.45, 2.75) is 12.6 Å². The van der Waals surface area contributed by atoms with Crippen LogP contribution in [0.2, 0.25) is 0 Å². The van der Waals surface area contributed by atoms with Crippen LogP contribution >= 0.6 is 7.60 Å². The molecule has 0 aliphatic carbocycles. The predicted molar refractivity (Wildman–Crippen MR) is 104 cm³/mol. The van der Waals surface area contributed by atoms with Crippen LogP contribution in [0, 0.1) is 20.5 Å². The maximum Gasteiger partial charge on any atom is 0.338 e. The molecule has 36 heavy (non-hydrogen) atoms. The average Bonchev–Trinajstić information content (AvgIpc) is 2.76. The first-order valence-corrected chi connectivity index (χ1v) is 13.6. The molecule has 3 aromatic rings. The summed E-state index contributed by atoms with van der Waals surface area (Å²) in [5.41, 5.74) is 3.22. The summed E-state index contributed by atoms with van der Waals surface area (Å²) in [6.07, 6.45) is 6.97. The van der Waals surface area contributed by atoms with Gasteiger partial charge in [0.1, 0.15) is 5.66 Å². The zero-order chi connectivity index (χ0) is 27.7. The van der Waals surface area contributed by atoms with E-state index in [1.54, 1.807) is 30.0 Å². The summed E-state index contributed by atoms with van der Waals surface area (Å²) < 4.78 is 80.4. The summed E-state index contributed by atoms with van der Waals surface area (Å²) in [4.78, 5) is 23.5. The first kappa shape index (κ1) is 31.7. The Labute approximate surface area is 209 Å². The minimum atomic E-state index is -4.94. The van der Waals surface area contributed by atoms with Crippen molar-refractivity contribution in [3.05, 3.63) is 85.0 Å². The third-order valence-corrected chi connectivity index (χ3v) is 5.61. The van der Waals surface area contributed by atoms with Gasteiger partial charge < -0.3 is 9.79 Å². The van der Waals surface area contributed by atoms with Crippen LogP contribution < -0.4 is 37.2 Å². The minimum Gasteiger partial charge on any atom is -0.324 e. The lowest BCUT2D eigenvalue weighted by atomic mass is 10.1. The summed E-state index contributed by atoms with van der Waals surface area (Å²) >= 11 is 0. The third kappa shape index (κ3) is 12.6. The van der Waals surface area contributed by atoms with Gasteiger partial charge >= 0.3 is 7.60 Å². The molecule has 2 heterocycles. The smallest absolute Gasteiger partial charge is 0.324 e. The monoisotopic (exact) mass is 566 g/mol. The van der Waals surface area contributed by atoms with Gasteiger partial charge in [-0.05, 0) is 47.9 Å². The lowest BCUT2D eigenvalue weighted by Gasteiger charge is -2.17. The Bertz CT molecular complexity index is 1140. The Kier molecular flexibility index (Phi) is 11.7. The van der Waals surface area contributed by atoms with Crippen LogP contribution in [0.3, 0.4) is 0 Å². The molecule has 3 N–H and O–H groups in total. The molecule has 0 radical (unpaired) electrons. The highest BCUT2D eigenvalue weighted by Crippen LogP contribution is 2.50. The molecule has 2 aromatic heterocycles. The van der Waals surface area contributed by atoms with Crippen molar-refractivity contribution in [2.24, 2.45) is 0 Å². The number of pyridine rings is 2. The summed E-state index contributed by atoms with van der Waals surface area (Å²) in [5.74, 6) is 0. The fourth-order valence-electron chi connectivity index (χ4n) is 2.74. The molecule has 1 aromatic carbocycles. The van der Waals surface area contributed by atoms with Gasteiger partial charge in [0.15, 0.2) is 6.20 Å². The molecule has 0 aliphatic rings. The molecule has 0 bridgehead atoms. The van der Waals surface area contributed by atoms with Gasteiger partial charge in [0.25, 0.3) is 0 Å². The van der Waals surface area contributed by atoms with Crippen LogP contribution in [-0.2, 0) is 4.57 Å². The SMILES string of the molecule is C=Cc1ccc(-[n+]2ccc(-c3ccncc3)cc2C(C)P(=O)(O)O)cc1.[O-][Cl+3]([O-])([O-])O.[O-][Cl+3]([O-])([O-])[O-]. The van der Waals surface area contributed by atoms with Crippen molar-refractivity contribution in [3.63, 3.8) is 0 Å². The van der Waals surface area contributed by atoms with E-state index in [0.717, 1.165) is 22.4 Å². The lowest BCUT2D eigenvalue weighted by molar-refractivity contribution is -2.00. The topological polar surface area (TPSA) is 256 Å². The molecule has 196 valence electrons. The molecule has 0 fully saturated rings. The molecule has 0 saturated carbocycles. The first-order chi connectivity index (χ1) is 16.4. The number of rotatable bonds is 5. The maximum absolute atomic E-state index is 11.9. The zero-order valence-electron chi connectivity index (χ0n) is 18.4. The van der Waals surface area contributed by atoms with Crippen molar-refractivity contribution >= 4 is 13.7 Å². The van der Waals surface area contributed by atoms with E-state index in [0.29, 0.717) is 5.69 Å². The summed E-state index contributed by atoms with van der Waals surface area (Å²) in [6, 6.07) is 15.1. The van der Waals surface area contributed by atoms with Gasteiger partial charge in [-0.1, -0.05) is 12.7 Å². The van der Waals surface area contributed by atoms with Crippen LogP contribution in [0.25, 0.3) is 22.9 Å². The van der Waals surface area contributed by atoms with Gasteiger partial charge in [0, 0.05) is 36.7 Å². The Morgan fingerprint density at radius 2 is 1.42 bits per heavy atom. The third-order valence-electron chi connectivity index (χ3n) is 4.34. The van der Waals surface area contributed by atoms with Crippen LogP contribution in [0.4, 0.5) is 0 Å². The van der Waals surface area contributed by atoms with Crippen molar-refractivity contribution < 1.29 is 76.7 Å². The predicted octanol–water partition coefficient (Wildman–Crippen LogP) is -4.97. The van der Waals surface area contributed by atoms with Gasteiger partial charge in [0.2, 0.25) is 11.4 Å². The minimum absolute atomic E-state index is 0.541. The van der Waals surface area contributed by atoms with Crippen molar-refractivity contribution in [2.75, 3.05) is 0 Å². The van der Waals surface area contributed by atoms with Crippen LogP contribution in [0.15, 0.2) is 73.7 Å². The van der Waals surface area contributed by atoms with E-state index in [1.807, 2.05) is 54.7 Å². The van der Waals surface area contributed by atoms with Gasteiger partial charge in [-0.2, -0.15) is 18.5 Å². The van der Waals surface area contributed by atoms with Gasteiger partial charge in [0.05, 0.1) is 14.9 Å². The van der Waals surface area contributed by atoms with E-state index in [9.17, 15) is 14.4 Å². The molecule has 0 aliphatic heterocycles. The quantitative estimate of drug-likeness (QED) is 0.194. The summed E-state index contributed by atoms with van der Waals surface area (Å²) in [7, 11) is -13.9. The molecule has 0 saturated heterocycles. The van der Waals surface area contributed by atoms with Crippen molar-refractivity contribution in [1.29, 1.82) is 0 Å². The number of halogens is 2. The lowest BCUT2D eigenvalue weighted by Crippen LogP contribution is -2.68. The standard InChI is InChI=1S/C20H19N2O3P.2ClHO4/c1-3-16-4-6-19(7-5-16)22-13-10-18(17-8-11-21-12-9-17)14-20(22)15(2)26(23,24)25;2*2-1(3,4)5/h3-15H,1H2,2H3,(H-,23,24,25);2*(H,2,3,4,5). The van der Waals surface area contributed by atoms with E-state index >= 15 is 0 Å². The van der Waals surface area contributed by atoms with Crippen LogP contribution in [0.1, 0.15) is 23.8 Å². The molecule has 16 heteroatoms. The fraction of sp³-hybridized carbons (Fsp3) is 0.100. The first-order valence-electron chi connectivity index (χ1n) is 9.39. The Hall–Kier alpha value is -2.33. The van der Waals surface area contributed by atoms with Gasteiger partial charge in [-0.3, -0.25) is 9.55 Å². The van der Waals surface area contributed by atoms with E-state index in [2.05, 4.69) is 11.6 Å². The molecule has 0 amide bonds. The molecular weight excluding hydrogens is 546 g/mol. The molecule has 1 unspecified atom stereocenters. The normalized spacial score (nSPS) is 12.4. The number of nitrogens with zero attached hydrogens (tertiary/aromatic N) is 2. The molecule has 0 spiro atoms. The van der Waals surface area contributed by atoms with Gasteiger partial charge in [-0.25, -0.2) is 18.6 Å². The average molecular weight is 567 g/mol. The van der Waals surface area contributed by atoms with E-state index in [-0.39, 0.29) is 0 Å². The molecular formula is C20H21Cl2N2O11P. The van der Waals surface area contributed by atoms with Crippen molar-refractivity contribution in [3.8, 4) is 16.8 Å². The van der Waals surface area contributed by atoms with E-state index in [1.165, 1.54) is 0 Å². The van der Waals surface area contributed by atoms with E-state index in [4.69, 9.17) is 37.3 Å². The number of benzene rings is 1. The molecule has 13 nitrogen and oxygen atoms in total. The second kappa shape index (κ2) is 13.3. The summed E-state index contributed by atoms with van der Waals surface area (Å²) in [5, 5.41) is 0. The van der Waals surface area contributed by atoms with E-state index < -0.39 is 33.7 Å². The Morgan fingerprint density at radius 3 is 1.83 bits per heavy atom. The number of hydrogen-bond donors (Lipinski definition) is 3. The second-order valence-corrected chi connectivity index (χ2v) is 10.3. The number of hydrogen-bond acceptors (Lipinski definition) is 10. The Morgan fingerprint density at radius 1 is 0.944 bits per heavy atom. The van der Waals surface area contributed by atoms with Gasteiger partial charge in [-0.15, -0.1) is 10.2 Å². The maximum atomic E-state index is 11.9.